The molecule has 0 fully saturated rings. The first-order valence-electron chi connectivity index (χ1n) is 15.6. The first-order chi connectivity index (χ1) is 20.6. The lowest BCUT2D eigenvalue weighted by Crippen LogP contribution is -2.49. The minimum Gasteiger partial charge on any atom is -0.479 e. The molecular formula is C35H48FNO6. The van der Waals surface area contributed by atoms with Gasteiger partial charge in [-0.25, -0.2) is 9.18 Å². The van der Waals surface area contributed by atoms with E-state index in [0.717, 1.165) is 51.0 Å². The summed E-state index contributed by atoms with van der Waals surface area (Å²) in [5.74, 6) is -2.17. The minimum absolute atomic E-state index is 0.258. The average Bonchev–Trinajstić information content (AvgIpc) is 2.98. The van der Waals surface area contributed by atoms with Gasteiger partial charge >= 0.3 is 5.97 Å². The van der Waals surface area contributed by atoms with Gasteiger partial charge < -0.3 is 20.3 Å². The fourth-order valence-electron chi connectivity index (χ4n) is 4.69. The van der Waals surface area contributed by atoms with Crippen molar-refractivity contribution in [1.82, 2.24) is 5.32 Å². The van der Waals surface area contributed by atoms with Crippen LogP contribution in [0.2, 0.25) is 0 Å². The Hall–Kier alpha value is -3.52. The molecule has 0 aliphatic heterocycles. The number of nitrogens with one attached hydrogen (secondary N) is 1. The lowest BCUT2D eigenvalue weighted by atomic mass is 9.87. The number of aliphatic carboxylic acids is 1. The summed E-state index contributed by atoms with van der Waals surface area (Å²) in [6.07, 6.45) is 15.1. The Bertz CT molecular complexity index is 1140. The smallest absolute Gasteiger partial charge is 0.336 e. The number of hydrogen-bond acceptors (Lipinski definition) is 5. The predicted octanol–water partition coefficient (Wildman–Crippen LogP) is 7.55. The summed E-state index contributed by atoms with van der Waals surface area (Å²) in [4.78, 5) is 36.6. The van der Waals surface area contributed by atoms with Gasteiger partial charge in [0.1, 0.15) is 23.1 Å². The van der Waals surface area contributed by atoms with E-state index in [9.17, 15) is 29.0 Å². The number of ketones is 1. The number of benzene rings is 2. The van der Waals surface area contributed by atoms with Gasteiger partial charge in [-0.05, 0) is 81.0 Å². The molecule has 0 aromatic heterocycles. The molecule has 2 atom stereocenters. The SMILES string of the molecule is CCCCCCCC(=O)CCCCCC/C=C/[C@H](C(=O)NCCc1ccc(Oc2ccc(F)cc2)cc1)[C@](C)(O)C(=O)O. The Morgan fingerprint density at radius 1 is 0.884 bits per heavy atom. The third kappa shape index (κ3) is 14.0. The van der Waals surface area contributed by atoms with Crippen LogP contribution in [0.4, 0.5) is 4.39 Å². The molecule has 43 heavy (non-hydrogen) atoms. The first kappa shape index (κ1) is 35.7. The Balaban J connectivity index is 1.73. The Kier molecular flexibility index (Phi) is 16.3. The van der Waals surface area contributed by atoms with Crippen LogP contribution in [0, 0.1) is 11.7 Å². The number of Topliss-reactive ketones (excluding diaryl/α,β-unsaturated/α-hetero) is 1. The van der Waals surface area contributed by atoms with Gasteiger partial charge in [0.15, 0.2) is 5.60 Å². The van der Waals surface area contributed by atoms with Crippen molar-refractivity contribution in [2.24, 2.45) is 5.92 Å². The largest absolute Gasteiger partial charge is 0.479 e. The summed E-state index contributed by atoms with van der Waals surface area (Å²) in [7, 11) is 0. The van der Waals surface area contributed by atoms with Crippen molar-refractivity contribution < 1.29 is 33.7 Å². The van der Waals surface area contributed by atoms with Gasteiger partial charge in [0.25, 0.3) is 0 Å². The maximum atomic E-state index is 13.1. The van der Waals surface area contributed by atoms with Gasteiger partial charge in [-0.1, -0.05) is 69.7 Å². The number of halogens is 1. The Morgan fingerprint density at radius 3 is 2.02 bits per heavy atom. The number of rotatable bonds is 22. The van der Waals surface area contributed by atoms with Crippen LogP contribution in [0.1, 0.15) is 96.5 Å². The lowest BCUT2D eigenvalue weighted by Gasteiger charge is -2.25. The second-order valence-corrected chi connectivity index (χ2v) is 11.3. The summed E-state index contributed by atoms with van der Waals surface area (Å²) in [6, 6.07) is 13.0. The van der Waals surface area contributed by atoms with Crippen molar-refractivity contribution in [3.05, 3.63) is 72.1 Å². The van der Waals surface area contributed by atoms with E-state index >= 15 is 0 Å². The van der Waals surface area contributed by atoms with Crippen LogP contribution < -0.4 is 10.1 Å². The van der Waals surface area contributed by atoms with Crippen LogP contribution in [0.25, 0.3) is 0 Å². The fraction of sp³-hybridized carbons (Fsp3) is 0.514. The molecule has 2 aromatic rings. The third-order valence-electron chi connectivity index (χ3n) is 7.47. The highest BCUT2D eigenvalue weighted by molar-refractivity contribution is 5.90. The zero-order chi connectivity index (χ0) is 31.5. The molecule has 7 nitrogen and oxygen atoms in total. The number of hydrogen-bond donors (Lipinski definition) is 3. The maximum absolute atomic E-state index is 13.1. The van der Waals surface area contributed by atoms with Crippen LogP contribution >= 0.6 is 0 Å². The zero-order valence-corrected chi connectivity index (χ0v) is 25.7. The van der Waals surface area contributed by atoms with E-state index in [0.29, 0.717) is 43.0 Å². The van der Waals surface area contributed by atoms with Crippen LogP contribution in [-0.4, -0.2) is 40.0 Å². The topological polar surface area (TPSA) is 113 Å². The number of amides is 1. The standard InChI is InChI=1S/C35H48FNO6/c1-3-4-5-8-11-14-29(38)15-12-9-6-7-10-13-16-32(35(2,42)34(40)41)33(39)37-26-25-27-17-21-30(22-18-27)43-31-23-19-28(36)20-24-31/h13,16-24,32,42H,3-12,14-15,25-26H2,1-2H3,(H,37,39)(H,40,41)/b16-13+/t32-,35+/m1/s1. The van der Waals surface area contributed by atoms with Crippen molar-refractivity contribution in [3.63, 3.8) is 0 Å². The van der Waals surface area contributed by atoms with Gasteiger partial charge in [0.05, 0.1) is 5.92 Å². The van der Waals surface area contributed by atoms with E-state index in [-0.39, 0.29) is 12.4 Å². The molecule has 0 bridgehead atoms. The number of aliphatic hydroxyl groups is 1. The highest BCUT2D eigenvalue weighted by atomic mass is 19.1. The van der Waals surface area contributed by atoms with Crippen molar-refractivity contribution in [2.45, 2.75) is 103 Å². The van der Waals surface area contributed by atoms with Crippen molar-refractivity contribution >= 4 is 17.7 Å². The fourth-order valence-corrected chi connectivity index (χ4v) is 4.69. The van der Waals surface area contributed by atoms with Gasteiger partial charge in [-0.2, -0.15) is 0 Å². The summed E-state index contributed by atoms with van der Waals surface area (Å²) in [5, 5.41) is 22.8. The number of carboxylic acids is 1. The normalized spacial score (nSPS) is 13.4. The average molecular weight is 598 g/mol. The third-order valence-corrected chi connectivity index (χ3v) is 7.47. The van der Waals surface area contributed by atoms with E-state index in [2.05, 4.69) is 12.2 Å². The molecule has 0 radical (unpaired) electrons. The molecule has 0 unspecified atom stereocenters. The lowest BCUT2D eigenvalue weighted by molar-refractivity contribution is -0.163. The highest BCUT2D eigenvalue weighted by Crippen LogP contribution is 2.23. The molecule has 236 valence electrons. The summed E-state index contributed by atoms with van der Waals surface area (Å²) in [5.41, 5.74) is -1.32. The molecule has 8 heteroatoms. The Labute approximate surface area is 255 Å². The zero-order valence-electron chi connectivity index (χ0n) is 25.7. The summed E-state index contributed by atoms with van der Waals surface area (Å²) >= 11 is 0. The van der Waals surface area contributed by atoms with Gasteiger partial charge in [-0.3, -0.25) is 9.59 Å². The molecule has 0 spiro atoms. The molecule has 2 rings (SSSR count). The van der Waals surface area contributed by atoms with Crippen LogP contribution in [0.3, 0.4) is 0 Å². The van der Waals surface area contributed by atoms with Crippen molar-refractivity contribution in [2.75, 3.05) is 6.54 Å². The first-order valence-corrected chi connectivity index (χ1v) is 15.6. The molecule has 0 saturated heterocycles. The summed E-state index contributed by atoms with van der Waals surface area (Å²) < 4.78 is 18.8. The van der Waals surface area contributed by atoms with Crippen molar-refractivity contribution in [1.29, 1.82) is 0 Å². The van der Waals surface area contributed by atoms with Crippen LogP contribution in [-0.2, 0) is 20.8 Å². The number of carboxylic acid groups (broad SMARTS) is 1. The van der Waals surface area contributed by atoms with Crippen LogP contribution in [0.15, 0.2) is 60.7 Å². The van der Waals surface area contributed by atoms with Gasteiger partial charge in [0, 0.05) is 19.4 Å². The van der Waals surface area contributed by atoms with E-state index in [1.165, 1.54) is 49.6 Å². The molecule has 0 saturated carbocycles. The van der Waals surface area contributed by atoms with E-state index in [1.807, 2.05) is 12.1 Å². The number of unbranched alkanes of at least 4 members (excludes halogenated alkanes) is 8. The predicted molar refractivity (Wildman–Crippen MR) is 167 cm³/mol. The Morgan fingerprint density at radius 2 is 1.44 bits per heavy atom. The van der Waals surface area contributed by atoms with Crippen LogP contribution in [0.5, 0.6) is 11.5 Å². The minimum atomic E-state index is -2.25. The molecule has 0 heterocycles. The summed E-state index contributed by atoms with van der Waals surface area (Å²) in [6.45, 7) is 3.57. The van der Waals surface area contributed by atoms with Gasteiger partial charge in [-0.15, -0.1) is 0 Å². The quantitative estimate of drug-likeness (QED) is 0.0954. The molecular weight excluding hydrogens is 549 g/mol. The van der Waals surface area contributed by atoms with E-state index in [1.54, 1.807) is 18.2 Å². The van der Waals surface area contributed by atoms with Crippen molar-refractivity contribution in [3.8, 4) is 11.5 Å². The molecule has 3 N–H and O–H groups in total. The number of ether oxygens (including phenoxy) is 1. The number of carbonyl (C=O) groups is 3. The number of carbonyl (C=O) groups excluding carboxylic acids is 2. The van der Waals surface area contributed by atoms with Gasteiger partial charge in [0.2, 0.25) is 5.91 Å². The van der Waals surface area contributed by atoms with E-state index in [4.69, 9.17) is 4.74 Å². The monoisotopic (exact) mass is 597 g/mol. The highest BCUT2D eigenvalue weighted by Gasteiger charge is 2.42. The second kappa shape index (κ2) is 19.6. The molecule has 0 aliphatic rings. The maximum Gasteiger partial charge on any atom is 0.336 e. The molecule has 1 amide bonds. The molecule has 2 aromatic carbocycles. The number of allylic oxidation sites excluding steroid dienone is 1. The molecule has 0 aliphatic carbocycles. The van der Waals surface area contributed by atoms with E-state index < -0.39 is 23.4 Å². The second-order valence-electron chi connectivity index (χ2n) is 11.3.